The van der Waals surface area contributed by atoms with Crippen LogP contribution < -0.4 is 0 Å². The fraction of sp³-hybridized carbons (Fsp3) is 0.0667. The second-order valence-corrected chi connectivity index (χ2v) is 4.65. The summed E-state index contributed by atoms with van der Waals surface area (Å²) < 4.78 is 2.04. The molecule has 19 heavy (non-hydrogen) atoms. The molecule has 0 atom stereocenters. The maximum Gasteiger partial charge on any atom is 0.234 e. The van der Waals surface area contributed by atoms with Crippen LogP contribution in [-0.4, -0.2) is 14.5 Å². The lowest BCUT2D eigenvalue weighted by molar-refractivity contribution is 0.907. The Morgan fingerprint density at radius 3 is 2.74 bits per heavy atom. The molecule has 0 aliphatic rings. The topological polar surface area (TPSA) is 30.7 Å². The number of hydrogen-bond donors (Lipinski definition) is 0. The third-order valence-corrected chi connectivity index (χ3v) is 3.18. The van der Waals surface area contributed by atoms with Crippen molar-refractivity contribution in [1.29, 1.82) is 0 Å². The Kier molecular flexibility index (Phi) is 3.05. The van der Waals surface area contributed by atoms with E-state index in [0.717, 1.165) is 28.0 Å². The average molecular weight is 270 g/mol. The van der Waals surface area contributed by atoms with Crippen molar-refractivity contribution in [3.05, 3.63) is 66.1 Å². The summed E-state index contributed by atoms with van der Waals surface area (Å²) in [6, 6.07) is 9.71. The van der Waals surface area contributed by atoms with Crippen LogP contribution in [0.5, 0.6) is 0 Å². The van der Waals surface area contributed by atoms with E-state index in [2.05, 4.69) is 22.6 Å². The predicted molar refractivity (Wildman–Crippen MR) is 77.8 cm³/mol. The number of halogens is 1. The molecule has 2 heterocycles. The highest BCUT2D eigenvalue weighted by molar-refractivity contribution is 6.31. The number of allylic oxidation sites excluding steroid dienone is 1. The largest absolute Gasteiger partial charge is 0.282 e. The van der Waals surface area contributed by atoms with E-state index < -0.39 is 0 Å². The van der Waals surface area contributed by atoms with Crippen molar-refractivity contribution < 1.29 is 0 Å². The lowest BCUT2D eigenvalue weighted by atomic mass is 10.2. The summed E-state index contributed by atoms with van der Waals surface area (Å²) in [6.45, 7) is 3.80. The second kappa shape index (κ2) is 4.86. The monoisotopic (exact) mass is 269 g/mol. The van der Waals surface area contributed by atoms with Gasteiger partial charge in [-0.25, -0.2) is 9.97 Å². The van der Waals surface area contributed by atoms with E-state index in [1.54, 1.807) is 18.5 Å². The average Bonchev–Trinajstić information content (AvgIpc) is 2.77. The predicted octanol–water partition coefficient (Wildman–Crippen LogP) is 3.80. The first-order valence-corrected chi connectivity index (χ1v) is 6.35. The molecule has 0 aliphatic heterocycles. The Morgan fingerprint density at radius 2 is 2.00 bits per heavy atom. The third-order valence-electron chi connectivity index (χ3n) is 2.95. The minimum atomic E-state index is 0.664. The van der Waals surface area contributed by atoms with Crippen LogP contribution >= 0.6 is 11.6 Å². The van der Waals surface area contributed by atoms with E-state index in [9.17, 15) is 0 Å². The van der Waals surface area contributed by atoms with Gasteiger partial charge in [0, 0.05) is 34.9 Å². The SMILES string of the molecule is C=CCc1cc2cc(Cl)ccc2n1-c1ncccn1. The molecule has 3 rings (SSSR count). The summed E-state index contributed by atoms with van der Waals surface area (Å²) in [5.74, 6) is 0.664. The van der Waals surface area contributed by atoms with Gasteiger partial charge in [0.05, 0.1) is 5.52 Å². The van der Waals surface area contributed by atoms with Crippen LogP contribution in [0.15, 0.2) is 55.4 Å². The standard InChI is InChI=1S/C15H12ClN3/c1-2-4-13-10-11-9-12(16)5-6-14(11)19(13)15-17-7-3-8-18-15/h2-3,5-10H,1,4H2. The zero-order valence-electron chi connectivity index (χ0n) is 10.3. The summed E-state index contributed by atoms with van der Waals surface area (Å²) in [4.78, 5) is 8.64. The first-order valence-electron chi connectivity index (χ1n) is 5.98. The molecule has 3 nitrogen and oxygen atoms in total. The van der Waals surface area contributed by atoms with Crippen LogP contribution in [-0.2, 0) is 6.42 Å². The van der Waals surface area contributed by atoms with Gasteiger partial charge in [0.2, 0.25) is 5.95 Å². The molecule has 0 amide bonds. The zero-order chi connectivity index (χ0) is 13.2. The number of hydrogen-bond acceptors (Lipinski definition) is 2. The number of aromatic nitrogens is 3. The highest BCUT2D eigenvalue weighted by Gasteiger charge is 2.11. The van der Waals surface area contributed by atoms with Crippen molar-refractivity contribution in [3.63, 3.8) is 0 Å². The van der Waals surface area contributed by atoms with Gasteiger partial charge < -0.3 is 0 Å². The number of nitrogens with zero attached hydrogens (tertiary/aromatic N) is 3. The highest BCUT2D eigenvalue weighted by Crippen LogP contribution is 2.26. The molecular formula is C15H12ClN3. The lowest BCUT2D eigenvalue weighted by Crippen LogP contribution is -2.03. The fourth-order valence-corrected chi connectivity index (χ4v) is 2.36. The maximum absolute atomic E-state index is 6.04. The van der Waals surface area contributed by atoms with E-state index in [4.69, 9.17) is 11.6 Å². The van der Waals surface area contributed by atoms with Crippen molar-refractivity contribution in [1.82, 2.24) is 14.5 Å². The van der Waals surface area contributed by atoms with Gasteiger partial charge in [0.25, 0.3) is 0 Å². The van der Waals surface area contributed by atoms with Crippen molar-refractivity contribution in [3.8, 4) is 5.95 Å². The van der Waals surface area contributed by atoms with E-state index in [0.29, 0.717) is 5.95 Å². The van der Waals surface area contributed by atoms with Crippen LogP contribution in [0.3, 0.4) is 0 Å². The molecule has 0 fully saturated rings. The fourth-order valence-electron chi connectivity index (χ4n) is 2.18. The zero-order valence-corrected chi connectivity index (χ0v) is 11.0. The Labute approximate surface area is 116 Å². The van der Waals surface area contributed by atoms with Crippen LogP contribution in [0.25, 0.3) is 16.9 Å². The number of fused-ring (bicyclic) bond motifs is 1. The Bertz CT molecular complexity index is 732. The third kappa shape index (κ3) is 2.13. The van der Waals surface area contributed by atoms with E-state index >= 15 is 0 Å². The molecule has 94 valence electrons. The highest BCUT2D eigenvalue weighted by atomic mass is 35.5. The van der Waals surface area contributed by atoms with Crippen LogP contribution in [0, 0.1) is 0 Å². The summed E-state index contributed by atoms with van der Waals surface area (Å²) in [5, 5.41) is 1.81. The van der Waals surface area contributed by atoms with E-state index in [1.807, 2.05) is 28.8 Å². The van der Waals surface area contributed by atoms with Gasteiger partial charge in [0.15, 0.2) is 0 Å². The summed E-state index contributed by atoms with van der Waals surface area (Å²) in [5.41, 5.74) is 2.14. The molecule has 0 spiro atoms. The van der Waals surface area contributed by atoms with Crippen molar-refractivity contribution >= 4 is 22.5 Å². The van der Waals surface area contributed by atoms with Gasteiger partial charge in [-0.1, -0.05) is 17.7 Å². The minimum absolute atomic E-state index is 0.664. The molecule has 0 radical (unpaired) electrons. The van der Waals surface area contributed by atoms with Crippen LogP contribution in [0.1, 0.15) is 5.69 Å². The molecule has 3 aromatic rings. The summed E-state index contributed by atoms with van der Waals surface area (Å²) >= 11 is 6.04. The molecule has 0 unspecified atom stereocenters. The molecule has 1 aromatic carbocycles. The summed E-state index contributed by atoms with van der Waals surface area (Å²) in [6.07, 6.45) is 6.10. The van der Waals surface area contributed by atoms with Gasteiger partial charge in [-0.3, -0.25) is 4.57 Å². The van der Waals surface area contributed by atoms with Crippen molar-refractivity contribution in [2.24, 2.45) is 0 Å². The molecule has 0 aliphatic carbocycles. The first kappa shape index (κ1) is 11.9. The van der Waals surface area contributed by atoms with Gasteiger partial charge in [-0.15, -0.1) is 6.58 Å². The molecule has 0 saturated carbocycles. The molecule has 0 N–H and O–H groups in total. The van der Waals surface area contributed by atoms with Gasteiger partial charge in [-0.2, -0.15) is 0 Å². The molecule has 0 bridgehead atoms. The molecular weight excluding hydrogens is 258 g/mol. The Hall–Kier alpha value is -2.13. The van der Waals surface area contributed by atoms with Gasteiger partial charge >= 0.3 is 0 Å². The number of benzene rings is 1. The van der Waals surface area contributed by atoms with Crippen molar-refractivity contribution in [2.75, 3.05) is 0 Å². The Morgan fingerprint density at radius 1 is 1.21 bits per heavy atom. The minimum Gasteiger partial charge on any atom is -0.282 e. The first-order chi connectivity index (χ1) is 9.29. The quantitative estimate of drug-likeness (QED) is 0.677. The van der Waals surface area contributed by atoms with Crippen molar-refractivity contribution in [2.45, 2.75) is 6.42 Å². The van der Waals surface area contributed by atoms with E-state index in [1.165, 1.54) is 0 Å². The van der Waals surface area contributed by atoms with Crippen LogP contribution in [0.2, 0.25) is 5.02 Å². The number of rotatable bonds is 3. The second-order valence-electron chi connectivity index (χ2n) is 4.22. The van der Waals surface area contributed by atoms with Gasteiger partial charge in [-0.05, 0) is 30.3 Å². The summed E-state index contributed by atoms with van der Waals surface area (Å²) in [7, 11) is 0. The lowest BCUT2D eigenvalue weighted by Gasteiger charge is -2.07. The molecule has 4 heteroatoms. The normalized spacial score (nSPS) is 10.8. The maximum atomic E-state index is 6.04. The van der Waals surface area contributed by atoms with E-state index in [-0.39, 0.29) is 0 Å². The van der Waals surface area contributed by atoms with Gasteiger partial charge in [0.1, 0.15) is 0 Å². The molecule has 0 saturated heterocycles. The Balaban J connectivity index is 2.31. The van der Waals surface area contributed by atoms with Crippen LogP contribution in [0.4, 0.5) is 0 Å². The smallest absolute Gasteiger partial charge is 0.234 e. The molecule has 2 aromatic heterocycles.